The summed E-state index contributed by atoms with van der Waals surface area (Å²) in [7, 11) is 1.35. The van der Waals surface area contributed by atoms with Gasteiger partial charge in [-0.05, 0) is 0 Å². The van der Waals surface area contributed by atoms with Crippen molar-refractivity contribution in [3.63, 3.8) is 0 Å². The number of ether oxygens (including phenoxy) is 1. The lowest BCUT2D eigenvalue weighted by molar-refractivity contribution is -0.148. The van der Waals surface area contributed by atoms with E-state index in [-0.39, 0.29) is 5.97 Å². The zero-order chi connectivity index (χ0) is 9.44. The van der Waals surface area contributed by atoms with Crippen LogP contribution in [0.1, 0.15) is 13.8 Å². The summed E-state index contributed by atoms with van der Waals surface area (Å²) in [6, 6.07) is 0. The minimum atomic E-state index is -1.38. The van der Waals surface area contributed by atoms with Gasteiger partial charge in [0.05, 0.1) is 7.11 Å². The molecule has 0 radical (unpaired) electrons. The van der Waals surface area contributed by atoms with Crippen molar-refractivity contribution in [1.29, 1.82) is 0 Å². The van der Waals surface area contributed by atoms with Crippen molar-refractivity contribution < 1.29 is 24.2 Å². The third-order valence-corrected chi connectivity index (χ3v) is 0.589. The van der Waals surface area contributed by atoms with Crippen LogP contribution in [0.4, 0.5) is 0 Å². The lowest BCUT2D eigenvalue weighted by Crippen LogP contribution is -2.05. The van der Waals surface area contributed by atoms with E-state index in [0.717, 1.165) is 6.92 Å². The first-order valence-electron chi connectivity index (χ1n) is 2.70. The van der Waals surface area contributed by atoms with Gasteiger partial charge in [0, 0.05) is 13.8 Å². The van der Waals surface area contributed by atoms with Gasteiger partial charge in [0.25, 0.3) is 0 Å². The number of carboxylic acid groups (broad SMARTS) is 1. The summed E-state index contributed by atoms with van der Waals surface area (Å²) in [6.45, 7) is 2.36. The maximum Gasteiger partial charge on any atom is 0.371 e. The molecular weight excluding hydrogens is 152 g/mol. The highest BCUT2D eigenvalue weighted by atomic mass is 16.5. The van der Waals surface area contributed by atoms with Crippen molar-refractivity contribution in [2.45, 2.75) is 13.8 Å². The van der Waals surface area contributed by atoms with E-state index in [1.165, 1.54) is 14.0 Å². The molecule has 5 nitrogen and oxygen atoms in total. The van der Waals surface area contributed by atoms with Gasteiger partial charge in [-0.2, -0.15) is 0 Å². The second kappa shape index (κ2) is 6.73. The molecule has 0 aromatic heterocycles. The largest absolute Gasteiger partial charge is 0.476 e. The maximum absolute atomic E-state index is 9.59. The molecule has 0 aliphatic rings. The number of ketones is 1. The molecule has 0 unspecified atom stereocenters. The number of methoxy groups -OCH3 is 1. The van der Waals surface area contributed by atoms with Gasteiger partial charge in [-0.15, -0.1) is 0 Å². The van der Waals surface area contributed by atoms with E-state index < -0.39 is 11.8 Å². The van der Waals surface area contributed by atoms with Gasteiger partial charge in [0.2, 0.25) is 5.78 Å². The van der Waals surface area contributed by atoms with Crippen LogP contribution >= 0.6 is 0 Å². The molecule has 0 aromatic carbocycles. The number of carbonyl (C=O) groups is 3. The van der Waals surface area contributed by atoms with Gasteiger partial charge >= 0.3 is 11.9 Å². The van der Waals surface area contributed by atoms with Gasteiger partial charge in [-0.1, -0.05) is 0 Å². The van der Waals surface area contributed by atoms with Crippen molar-refractivity contribution in [1.82, 2.24) is 0 Å². The van der Waals surface area contributed by atoms with Gasteiger partial charge in [-0.3, -0.25) is 9.59 Å². The van der Waals surface area contributed by atoms with Crippen LogP contribution in [0.25, 0.3) is 0 Å². The van der Waals surface area contributed by atoms with Crippen molar-refractivity contribution in [2.75, 3.05) is 7.11 Å². The number of aliphatic carboxylic acids is 1. The van der Waals surface area contributed by atoms with Gasteiger partial charge in [0.1, 0.15) is 0 Å². The summed E-state index contributed by atoms with van der Waals surface area (Å²) in [4.78, 5) is 28.5. The van der Waals surface area contributed by atoms with Crippen LogP contribution in [0.3, 0.4) is 0 Å². The SMILES string of the molecule is CC(=O)C(=O)O.COC(C)=O. The summed E-state index contributed by atoms with van der Waals surface area (Å²) < 4.78 is 4.11. The van der Waals surface area contributed by atoms with Crippen LogP contribution in [0.5, 0.6) is 0 Å². The molecular formula is C6H10O5. The Balaban J connectivity index is 0. The summed E-state index contributed by atoms with van der Waals surface area (Å²) in [6.07, 6.45) is 0. The number of carbonyl (C=O) groups excluding carboxylic acids is 2. The summed E-state index contributed by atoms with van der Waals surface area (Å²) in [5.41, 5.74) is 0. The molecule has 5 heteroatoms. The van der Waals surface area contributed by atoms with E-state index in [1.807, 2.05) is 0 Å². The van der Waals surface area contributed by atoms with E-state index in [1.54, 1.807) is 0 Å². The maximum atomic E-state index is 9.59. The molecule has 0 rings (SSSR count). The molecule has 0 saturated heterocycles. The molecule has 0 fully saturated rings. The van der Waals surface area contributed by atoms with Gasteiger partial charge in [0.15, 0.2) is 0 Å². The summed E-state index contributed by atoms with van der Waals surface area (Å²) >= 11 is 0. The van der Waals surface area contributed by atoms with Crippen LogP contribution < -0.4 is 0 Å². The first-order valence-corrected chi connectivity index (χ1v) is 2.70. The molecule has 0 bridgehead atoms. The Kier molecular flexibility index (Phi) is 7.52. The molecule has 1 N–H and O–H groups in total. The Morgan fingerprint density at radius 3 is 1.36 bits per heavy atom. The van der Waals surface area contributed by atoms with E-state index in [2.05, 4.69) is 4.74 Å². The number of Topliss-reactive ketones (excluding diaryl/α,β-unsaturated/α-hetero) is 1. The van der Waals surface area contributed by atoms with Crippen LogP contribution in [0.15, 0.2) is 0 Å². The monoisotopic (exact) mass is 162 g/mol. The fourth-order valence-corrected chi connectivity index (χ4v) is 0. The lowest BCUT2D eigenvalue weighted by atomic mass is 10.5. The van der Waals surface area contributed by atoms with Crippen LogP contribution in [-0.4, -0.2) is 29.9 Å². The average Bonchev–Trinajstić information content (AvgIpc) is 1.89. The topological polar surface area (TPSA) is 80.7 Å². The Hall–Kier alpha value is -1.39. The number of esters is 1. The Morgan fingerprint density at radius 2 is 1.36 bits per heavy atom. The van der Waals surface area contributed by atoms with Gasteiger partial charge in [-0.25, -0.2) is 4.79 Å². The molecule has 0 heterocycles. The number of carboxylic acids is 1. The van der Waals surface area contributed by atoms with Crippen LogP contribution in [0.2, 0.25) is 0 Å². The second-order valence-electron chi connectivity index (χ2n) is 1.56. The van der Waals surface area contributed by atoms with Crippen LogP contribution in [0, 0.1) is 0 Å². The molecule has 64 valence electrons. The minimum absolute atomic E-state index is 0.245. The number of hydrogen-bond donors (Lipinski definition) is 1. The van der Waals surface area contributed by atoms with Crippen molar-refractivity contribution in [3.8, 4) is 0 Å². The third-order valence-electron chi connectivity index (χ3n) is 0.589. The molecule has 0 spiro atoms. The predicted octanol–water partition coefficient (Wildman–Crippen LogP) is -0.161. The second-order valence-corrected chi connectivity index (χ2v) is 1.56. The molecule has 0 saturated carbocycles. The van der Waals surface area contributed by atoms with Crippen molar-refractivity contribution >= 4 is 17.7 Å². The normalized spacial score (nSPS) is 7.18. The quantitative estimate of drug-likeness (QED) is 0.428. The Labute approximate surface area is 64.0 Å². The fraction of sp³-hybridized carbons (Fsp3) is 0.500. The first-order chi connectivity index (χ1) is 4.91. The highest BCUT2D eigenvalue weighted by Gasteiger charge is 1.98. The Bertz CT molecular complexity index is 148. The van der Waals surface area contributed by atoms with E-state index in [9.17, 15) is 14.4 Å². The van der Waals surface area contributed by atoms with Crippen molar-refractivity contribution in [3.05, 3.63) is 0 Å². The lowest BCUT2D eigenvalue weighted by Gasteiger charge is -1.80. The molecule has 11 heavy (non-hydrogen) atoms. The minimum Gasteiger partial charge on any atom is -0.476 e. The van der Waals surface area contributed by atoms with E-state index >= 15 is 0 Å². The zero-order valence-electron chi connectivity index (χ0n) is 6.58. The van der Waals surface area contributed by atoms with E-state index in [0.29, 0.717) is 0 Å². The predicted molar refractivity (Wildman–Crippen MR) is 36.0 cm³/mol. The van der Waals surface area contributed by atoms with E-state index in [4.69, 9.17) is 5.11 Å². The zero-order valence-corrected chi connectivity index (χ0v) is 6.58. The molecule has 0 amide bonds. The fourth-order valence-electron chi connectivity index (χ4n) is 0. The molecule has 0 aliphatic carbocycles. The highest BCUT2D eigenvalue weighted by molar-refractivity contribution is 6.31. The molecule has 0 atom stereocenters. The first kappa shape index (κ1) is 12.3. The number of hydrogen-bond acceptors (Lipinski definition) is 4. The highest BCUT2D eigenvalue weighted by Crippen LogP contribution is 1.62. The standard InChI is InChI=1S/C3H4O3.C3H6O2/c1-2(4)3(5)6;1-3(4)5-2/h1H3,(H,5,6);1-2H3. The van der Waals surface area contributed by atoms with Gasteiger partial charge < -0.3 is 9.84 Å². The average molecular weight is 162 g/mol. The van der Waals surface area contributed by atoms with Crippen LogP contribution in [-0.2, 0) is 19.1 Å². The molecule has 0 aromatic rings. The Morgan fingerprint density at radius 1 is 1.18 bits per heavy atom. The molecule has 0 aliphatic heterocycles. The number of rotatable bonds is 1. The van der Waals surface area contributed by atoms with Crippen molar-refractivity contribution in [2.24, 2.45) is 0 Å². The smallest absolute Gasteiger partial charge is 0.371 e. The summed E-state index contributed by atoms with van der Waals surface area (Å²) in [5.74, 6) is -2.45. The third kappa shape index (κ3) is 17.7. The summed E-state index contributed by atoms with van der Waals surface area (Å²) in [5, 5.41) is 7.64.